The zero-order valence-corrected chi connectivity index (χ0v) is 8.69. The minimum absolute atomic E-state index is 0. The van der Waals surface area contributed by atoms with Gasteiger partial charge in [-0.15, -0.1) is 24.8 Å². The molecule has 0 spiro atoms. The van der Waals surface area contributed by atoms with E-state index in [1.807, 2.05) is 0 Å². The summed E-state index contributed by atoms with van der Waals surface area (Å²) >= 11 is 0. The van der Waals surface area contributed by atoms with Crippen molar-refractivity contribution in [3.63, 3.8) is 0 Å². The van der Waals surface area contributed by atoms with E-state index >= 15 is 0 Å². The molecule has 0 N–H and O–H groups in total. The van der Waals surface area contributed by atoms with Gasteiger partial charge in [-0.1, -0.05) is 32.4 Å². The fourth-order valence-corrected chi connectivity index (χ4v) is 1.50. The SMILES string of the molecule is CCCC[SiH2]C.Cl.Cl. The Hall–Kier alpha value is 0.797. The zero-order valence-electron chi connectivity index (χ0n) is 5.64. The summed E-state index contributed by atoms with van der Waals surface area (Å²) in [6.07, 6.45) is 2.86. The maximum absolute atomic E-state index is 2.37. The van der Waals surface area contributed by atoms with Gasteiger partial charge < -0.3 is 0 Å². The first kappa shape index (κ1) is 15.9. The average Bonchev–Trinajstić information content (AvgIpc) is 1.61. The molecule has 0 nitrogen and oxygen atoms in total. The highest BCUT2D eigenvalue weighted by atomic mass is 35.5. The third kappa shape index (κ3) is 15.8. The summed E-state index contributed by atoms with van der Waals surface area (Å²) < 4.78 is 0. The average molecular weight is 175 g/mol. The monoisotopic (exact) mass is 174 g/mol. The second-order valence-corrected chi connectivity index (χ2v) is 3.41. The highest BCUT2D eigenvalue weighted by Gasteiger charge is 1.76. The normalized spacial score (nSPS) is 8.25. The molecule has 0 unspecified atom stereocenters. The Morgan fingerprint density at radius 1 is 1.25 bits per heavy atom. The number of halogens is 2. The van der Waals surface area contributed by atoms with Gasteiger partial charge in [-0.25, -0.2) is 0 Å². The fraction of sp³-hybridized carbons (Fsp3) is 1.00. The van der Waals surface area contributed by atoms with Crippen molar-refractivity contribution in [2.24, 2.45) is 0 Å². The van der Waals surface area contributed by atoms with Gasteiger partial charge >= 0.3 is 0 Å². The Balaban J connectivity index is -0.000000125. The third-order valence-electron chi connectivity index (χ3n) is 0.957. The molecule has 0 aliphatic heterocycles. The Bertz CT molecular complexity index is 22.4. The molecule has 8 heavy (non-hydrogen) atoms. The lowest BCUT2D eigenvalue weighted by molar-refractivity contribution is 0.880. The predicted octanol–water partition coefficient (Wildman–Crippen LogP) is 2.27. The van der Waals surface area contributed by atoms with Crippen molar-refractivity contribution in [1.82, 2.24) is 0 Å². The van der Waals surface area contributed by atoms with Crippen molar-refractivity contribution in [2.75, 3.05) is 0 Å². The van der Waals surface area contributed by atoms with Crippen LogP contribution in [-0.2, 0) is 0 Å². The second-order valence-electron chi connectivity index (χ2n) is 1.71. The van der Waals surface area contributed by atoms with E-state index in [9.17, 15) is 0 Å². The fourth-order valence-electron chi connectivity index (χ4n) is 0.500. The smallest absolute Gasteiger partial charge is 0.0166 e. The lowest BCUT2D eigenvalue weighted by Crippen LogP contribution is -1.76. The van der Waals surface area contributed by atoms with E-state index in [-0.39, 0.29) is 24.8 Å². The Morgan fingerprint density at radius 3 is 1.88 bits per heavy atom. The Morgan fingerprint density at radius 2 is 1.75 bits per heavy atom. The maximum Gasteiger partial charge on any atom is 0.0166 e. The minimum atomic E-state index is 0. The predicted molar refractivity (Wildman–Crippen MR) is 48.6 cm³/mol. The van der Waals surface area contributed by atoms with E-state index < -0.39 is 0 Å². The molecular formula is C5H16Cl2Si. The number of rotatable bonds is 3. The van der Waals surface area contributed by atoms with Gasteiger partial charge in [0, 0.05) is 9.52 Å². The molecule has 0 aromatic rings. The van der Waals surface area contributed by atoms with Crippen LogP contribution < -0.4 is 0 Å². The van der Waals surface area contributed by atoms with E-state index in [1.54, 1.807) is 6.04 Å². The van der Waals surface area contributed by atoms with Crippen LogP contribution >= 0.6 is 24.8 Å². The van der Waals surface area contributed by atoms with Gasteiger partial charge in [-0.3, -0.25) is 0 Å². The molecule has 0 aliphatic rings. The van der Waals surface area contributed by atoms with Gasteiger partial charge in [-0.05, 0) is 0 Å². The number of unbranched alkanes of at least 4 members (excludes halogenated alkanes) is 1. The van der Waals surface area contributed by atoms with E-state index in [0.717, 1.165) is 0 Å². The standard InChI is InChI=1S/C5H14Si.2ClH/c1-3-4-5-6-2;;/h3-6H2,1-2H3;2*1H. The molecule has 0 bridgehead atoms. The molecule has 0 saturated carbocycles. The summed E-state index contributed by atoms with van der Waals surface area (Å²) in [6, 6.07) is 1.55. The molecule has 0 aromatic carbocycles. The van der Waals surface area contributed by atoms with Crippen LogP contribution in [-0.4, -0.2) is 9.52 Å². The van der Waals surface area contributed by atoms with E-state index in [1.165, 1.54) is 12.8 Å². The Kier molecular flexibility index (Phi) is 31.1. The van der Waals surface area contributed by atoms with E-state index in [2.05, 4.69) is 13.5 Å². The lowest BCUT2D eigenvalue weighted by Gasteiger charge is -1.85. The third-order valence-corrected chi connectivity index (χ3v) is 2.16. The highest BCUT2D eigenvalue weighted by Crippen LogP contribution is 1.90. The molecule has 0 radical (unpaired) electrons. The molecule has 0 saturated heterocycles. The molecule has 0 atom stereocenters. The summed E-state index contributed by atoms with van der Waals surface area (Å²) in [5.74, 6) is 0. The van der Waals surface area contributed by atoms with Crippen molar-refractivity contribution in [2.45, 2.75) is 32.4 Å². The van der Waals surface area contributed by atoms with E-state index in [0.29, 0.717) is 9.52 Å². The number of hydrogen-bond donors (Lipinski definition) is 0. The van der Waals surface area contributed by atoms with Gasteiger partial charge in [0.2, 0.25) is 0 Å². The van der Waals surface area contributed by atoms with Crippen LogP contribution in [0.4, 0.5) is 0 Å². The second kappa shape index (κ2) is 15.7. The highest BCUT2D eigenvalue weighted by molar-refractivity contribution is 6.33. The van der Waals surface area contributed by atoms with Gasteiger partial charge in [0.25, 0.3) is 0 Å². The van der Waals surface area contributed by atoms with Gasteiger partial charge in [0.1, 0.15) is 0 Å². The maximum atomic E-state index is 2.37. The molecule has 0 fully saturated rings. The molecular weight excluding hydrogens is 159 g/mol. The van der Waals surface area contributed by atoms with Crippen LogP contribution in [0.25, 0.3) is 0 Å². The van der Waals surface area contributed by atoms with Crippen molar-refractivity contribution in [1.29, 1.82) is 0 Å². The summed E-state index contributed by atoms with van der Waals surface area (Å²) in [7, 11) is 0.403. The molecule has 0 rings (SSSR count). The minimum Gasteiger partial charge on any atom is -0.147 e. The molecule has 3 heteroatoms. The first-order valence-corrected chi connectivity index (χ1v) is 5.33. The summed E-state index contributed by atoms with van der Waals surface area (Å²) in [5.41, 5.74) is 0. The molecule has 54 valence electrons. The molecule has 0 heterocycles. The van der Waals surface area contributed by atoms with Gasteiger partial charge in [-0.2, -0.15) is 0 Å². The van der Waals surface area contributed by atoms with Crippen molar-refractivity contribution in [3.8, 4) is 0 Å². The lowest BCUT2D eigenvalue weighted by atomic mass is 10.4. The van der Waals surface area contributed by atoms with Crippen molar-refractivity contribution >= 4 is 34.3 Å². The molecule has 0 aliphatic carbocycles. The van der Waals surface area contributed by atoms with Crippen LogP contribution in [0.2, 0.25) is 12.6 Å². The van der Waals surface area contributed by atoms with Crippen LogP contribution in [0.5, 0.6) is 0 Å². The van der Waals surface area contributed by atoms with Crippen LogP contribution in [0.15, 0.2) is 0 Å². The van der Waals surface area contributed by atoms with Gasteiger partial charge in [0.15, 0.2) is 0 Å². The topological polar surface area (TPSA) is 0 Å². The summed E-state index contributed by atoms with van der Waals surface area (Å²) in [5, 5.41) is 0. The largest absolute Gasteiger partial charge is 0.147 e. The van der Waals surface area contributed by atoms with Gasteiger partial charge in [0.05, 0.1) is 0 Å². The van der Waals surface area contributed by atoms with Crippen molar-refractivity contribution < 1.29 is 0 Å². The quantitative estimate of drug-likeness (QED) is 0.456. The first-order valence-electron chi connectivity index (χ1n) is 2.91. The number of hydrogen-bond acceptors (Lipinski definition) is 0. The van der Waals surface area contributed by atoms with E-state index in [4.69, 9.17) is 0 Å². The molecule has 0 amide bonds. The van der Waals surface area contributed by atoms with Crippen LogP contribution in [0, 0.1) is 0 Å². The Labute approximate surface area is 67.1 Å². The van der Waals surface area contributed by atoms with Crippen molar-refractivity contribution in [3.05, 3.63) is 0 Å². The molecule has 0 aromatic heterocycles. The first-order chi connectivity index (χ1) is 2.91. The zero-order chi connectivity index (χ0) is 4.83. The van der Waals surface area contributed by atoms with Crippen LogP contribution in [0.3, 0.4) is 0 Å². The summed E-state index contributed by atoms with van der Waals surface area (Å²) in [4.78, 5) is 0. The summed E-state index contributed by atoms with van der Waals surface area (Å²) in [6.45, 7) is 4.62. The van der Waals surface area contributed by atoms with Crippen LogP contribution in [0.1, 0.15) is 19.8 Å².